The third-order valence-electron chi connectivity index (χ3n) is 2.96. The zero-order chi connectivity index (χ0) is 13.5. The van der Waals surface area contributed by atoms with Crippen molar-refractivity contribution in [1.29, 1.82) is 0 Å². The van der Waals surface area contributed by atoms with E-state index in [9.17, 15) is 4.39 Å². The Hall–Kier alpha value is -1.87. The molecule has 3 heteroatoms. The van der Waals surface area contributed by atoms with Gasteiger partial charge in [0.2, 0.25) is 0 Å². The van der Waals surface area contributed by atoms with Crippen LogP contribution >= 0.6 is 0 Å². The lowest BCUT2D eigenvalue weighted by atomic mass is 10.1. The summed E-state index contributed by atoms with van der Waals surface area (Å²) in [5.74, 6) is -0.280. The Morgan fingerprint density at radius 1 is 1.05 bits per heavy atom. The smallest absolute Gasteiger partial charge is 0.123 e. The summed E-state index contributed by atoms with van der Waals surface area (Å²) in [7, 11) is 0. The lowest BCUT2D eigenvalue weighted by Crippen LogP contribution is -2.01. The van der Waals surface area contributed by atoms with Crippen LogP contribution in [-0.4, -0.2) is 6.61 Å². The third-order valence-corrected chi connectivity index (χ3v) is 2.96. The van der Waals surface area contributed by atoms with E-state index >= 15 is 0 Å². The van der Waals surface area contributed by atoms with Gasteiger partial charge in [0.25, 0.3) is 0 Å². The van der Waals surface area contributed by atoms with Crippen molar-refractivity contribution < 1.29 is 9.13 Å². The van der Waals surface area contributed by atoms with Crippen molar-refractivity contribution >= 4 is 5.69 Å². The largest absolute Gasteiger partial charge is 0.398 e. The second kappa shape index (κ2) is 6.90. The van der Waals surface area contributed by atoms with Crippen molar-refractivity contribution in [3.8, 4) is 0 Å². The fourth-order valence-corrected chi connectivity index (χ4v) is 1.90. The first kappa shape index (κ1) is 13.6. The van der Waals surface area contributed by atoms with Gasteiger partial charge in [-0.2, -0.15) is 0 Å². The van der Waals surface area contributed by atoms with Gasteiger partial charge in [0.15, 0.2) is 0 Å². The lowest BCUT2D eigenvalue weighted by molar-refractivity contribution is 0.119. The van der Waals surface area contributed by atoms with Crippen molar-refractivity contribution in [1.82, 2.24) is 0 Å². The number of ether oxygens (including phenoxy) is 1. The van der Waals surface area contributed by atoms with Gasteiger partial charge in [-0.15, -0.1) is 0 Å². The standard InChI is InChI=1S/C16H18FNO/c17-15-8-9-16(18)14(11-15)12-19-10-4-7-13-5-2-1-3-6-13/h1-3,5-6,8-9,11H,4,7,10,12,18H2. The van der Waals surface area contributed by atoms with Crippen LogP contribution in [0.2, 0.25) is 0 Å². The lowest BCUT2D eigenvalue weighted by Gasteiger charge is -2.07. The zero-order valence-corrected chi connectivity index (χ0v) is 10.8. The summed E-state index contributed by atoms with van der Waals surface area (Å²) >= 11 is 0. The molecule has 2 nitrogen and oxygen atoms in total. The first-order valence-corrected chi connectivity index (χ1v) is 6.41. The normalized spacial score (nSPS) is 10.6. The van der Waals surface area contributed by atoms with Crippen LogP contribution in [0.4, 0.5) is 10.1 Å². The molecule has 0 amide bonds. The number of halogens is 1. The third kappa shape index (κ3) is 4.38. The SMILES string of the molecule is Nc1ccc(F)cc1COCCCc1ccccc1. The summed E-state index contributed by atoms with van der Waals surface area (Å²) in [6.07, 6.45) is 1.93. The van der Waals surface area contributed by atoms with E-state index in [0.29, 0.717) is 24.5 Å². The molecule has 0 spiro atoms. The number of hydrogen-bond acceptors (Lipinski definition) is 2. The summed E-state index contributed by atoms with van der Waals surface area (Å²) < 4.78 is 18.6. The first-order valence-electron chi connectivity index (χ1n) is 6.41. The predicted octanol–water partition coefficient (Wildman–Crippen LogP) is 3.56. The molecule has 0 saturated carbocycles. The molecule has 2 aromatic carbocycles. The van der Waals surface area contributed by atoms with Crippen molar-refractivity contribution in [3.05, 3.63) is 65.5 Å². The molecule has 0 radical (unpaired) electrons. The molecule has 0 aromatic heterocycles. The maximum atomic E-state index is 13.0. The van der Waals surface area contributed by atoms with E-state index in [-0.39, 0.29) is 5.82 Å². The van der Waals surface area contributed by atoms with Crippen molar-refractivity contribution in [3.63, 3.8) is 0 Å². The van der Waals surface area contributed by atoms with Gasteiger partial charge in [-0.25, -0.2) is 4.39 Å². The minimum absolute atomic E-state index is 0.280. The molecule has 0 bridgehead atoms. The number of nitrogens with two attached hydrogens (primary N) is 1. The number of hydrogen-bond donors (Lipinski definition) is 1. The fraction of sp³-hybridized carbons (Fsp3) is 0.250. The molecule has 0 fully saturated rings. The van der Waals surface area contributed by atoms with E-state index in [2.05, 4.69) is 12.1 Å². The van der Waals surface area contributed by atoms with Crippen molar-refractivity contribution in [2.75, 3.05) is 12.3 Å². The number of benzene rings is 2. The number of aryl methyl sites for hydroxylation is 1. The Kier molecular flexibility index (Phi) is 4.93. The molecule has 0 unspecified atom stereocenters. The zero-order valence-electron chi connectivity index (χ0n) is 10.8. The van der Waals surface area contributed by atoms with E-state index in [1.54, 1.807) is 6.07 Å². The van der Waals surface area contributed by atoms with E-state index in [4.69, 9.17) is 10.5 Å². The molecular formula is C16H18FNO. The van der Waals surface area contributed by atoms with E-state index in [1.165, 1.54) is 17.7 Å². The summed E-state index contributed by atoms with van der Waals surface area (Å²) in [5.41, 5.74) is 8.33. The number of rotatable bonds is 6. The van der Waals surface area contributed by atoms with E-state index in [1.807, 2.05) is 18.2 Å². The van der Waals surface area contributed by atoms with Gasteiger partial charge in [0.1, 0.15) is 5.82 Å². The topological polar surface area (TPSA) is 35.2 Å². The Morgan fingerprint density at radius 3 is 2.63 bits per heavy atom. The number of anilines is 1. The first-order chi connectivity index (χ1) is 9.25. The predicted molar refractivity (Wildman–Crippen MR) is 75.2 cm³/mol. The highest BCUT2D eigenvalue weighted by Crippen LogP contribution is 2.14. The molecule has 0 aliphatic rings. The van der Waals surface area contributed by atoms with Crippen LogP contribution in [0.5, 0.6) is 0 Å². The number of nitrogen functional groups attached to an aromatic ring is 1. The van der Waals surface area contributed by atoms with Crippen LogP contribution in [0.15, 0.2) is 48.5 Å². The second-order valence-electron chi connectivity index (χ2n) is 4.48. The molecule has 2 aromatic rings. The molecule has 0 aliphatic heterocycles. The molecule has 0 saturated heterocycles. The molecule has 100 valence electrons. The molecule has 0 aliphatic carbocycles. The Balaban J connectivity index is 1.71. The van der Waals surface area contributed by atoms with Crippen LogP contribution in [0, 0.1) is 5.82 Å². The van der Waals surface area contributed by atoms with Crippen molar-refractivity contribution in [2.45, 2.75) is 19.4 Å². The summed E-state index contributed by atoms with van der Waals surface area (Å²) in [4.78, 5) is 0. The van der Waals surface area contributed by atoms with Gasteiger partial charge < -0.3 is 10.5 Å². The van der Waals surface area contributed by atoms with Gasteiger partial charge in [-0.3, -0.25) is 0 Å². The molecular weight excluding hydrogens is 241 g/mol. The fourth-order valence-electron chi connectivity index (χ4n) is 1.90. The summed E-state index contributed by atoms with van der Waals surface area (Å²) in [6, 6.07) is 14.6. The van der Waals surface area contributed by atoms with Crippen LogP contribution < -0.4 is 5.73 Å². The van der Waals surface area contributed by atoms with Crippen molar-refractivity contribution in [2.24, 2.45) is 0 Å². The van der Waals surface area contributed by atoms with Crippen LogP contribution in [0.1, 0.15) is 17.5 Å². The molecule has 2 rings (SSSR count). The Labute approximate surface area is 113 Å². The summed E-state index contributed by atoms with van der Waals surface area (Å²) in [6.45, 7) is 1.00. The molecule has 2 N–H and O–H groups in total. The highest BCUT2D eigenvalue weighted by molar-refractivity contribution is 5.46. The van der Waals surface area contributed by atoms with Gasteiger partial charge in [-0.1, -0.05) is 30.3 Å². The molecule has 0 atom stereocenters. The molecule has 0 heterocycles. The van der Waals surface area contributed by atoms with Crippen LogP contribution in [0.25, 0.3) is 0 Å². The maximum Gasteiger partial charge on any atom is 0.123 e. The average molecular weight is 259 g/mol. The highest BCUT2D eigenvalue weighted by Gasteiger charge is 2.01. The van der Waals surface area contributed by atoms with Gasteiger partial charge in [0.05, 0.1) is 6.61 Å². The molecule has 19 heavy (non-hydrogen) atoms. The maximum absolute atomic E-state index is 13.0. The van der Waals surface area contributed by atoms with E-state index in [0.717, 1.165) is 12.8 Å². The van der Waals surface area contributed by atoms with Gasteiger partial charge >= 0.3 is 0 Å². The second-order valence-corrected chi connectivity index (χ2v) is 4.48. The van der Waals surface area contributed by atoms with Crippen LogP contribution in [-0.2, 0) is 17.8 Å². The monoisotopic (exact) mass is 259 g/mol. The quantitative estimate of drug-likeness (QED) is 0.636. The van der Waals surface area contributed by atoms with Crippen LogP contribution in [0.3, 0.4) is 0 Å². The Morgan fingerprint density at radius 2 is 1.84 bits per heavy atom. The highest BCUT2D eigenvalue weighted by atomic mass is 19.1. The van der Waals surface area contributed by atoms with Gasteiger partial charge in [0, 0.05) is 17.9 Å². The summed E-state index contributed by atoms with van der Waals surface area (Å²) in [5, 5.41) is 0. The Bertz CT molecular complexity index is 513. The average Bonchev–Trinajstić information content (AvgIpc) is 2.43. The minimum atomic E-state index is -0.280. The van der Waals surface area contributed by atoms with Gasteiger partial charge in [-0.05, 0) is 36.6 Å². The minimum Gasteiger partial charge on any atom is -0.398 e. The van der Waals surface area contributed by atoms with E-state index < -0.39 is 0 Å².